The van der Waals surface area contributed by atoms with Gasteiger partial charge in [-0.2, -0.15) is 0 Å². The quantitative estimate of drug-likeness (QED) is 0.491. The number of para-hydroxylation sites is 1. The molecular formula is C25H28N2O4S. The topological polar surface area (TPSA) is 84.5 Å². The molecule has 7 heteroatoms. The zero-order chi connectivity index (χ0) is 23.3. The average molecular weight is 453 g/mol. The summed E-state index contributed by atoms with van der Waals surface area (Å²) in [5.74, 6) is 0.337. The summed E-state index contributed by atoms with van der Waals surface area (Å²) < 4.78 is 34.1. The summed E-state index contributed by atoms with van der Waals surface area (Å²) in [6, 6.07) is 19.2. The van der Waals surface area contributed by atoms with E-state index >= 15 is 0 Å². The Morgan fingerprint density at radius 1 is 0.938 bits per heavy atom. The summed E-state index contributed by atoms with van der Waals surface area (Å²) in [5, 5.41) is 2.80. The molecule has 0 spiro atoms. The van der Waals surface area contributed by atoms with Crippen LogP contribution in [0.4, 0.5) is 11.4 Å². The van der Waals surface area contributed by atoms with Crippen molar-refractivity contribution in [2.24, 2.45) is 0 Å². The van der Waals surface area contributed by atoms with Crippen molar-refractivity contribution in [2.75, 3.05) is 10.0 Å². The molecule has 0 aromatic heterocycles. The highest BCUT2D eigenvalue weighted by Gasteiger charge is 2.20. The first kappa shape index (κ1) is 23.3. The molecule has 0 saturated carbocycles. The fourth-order valence-electron chi connectivity index (χ4n) is 3.28. The lowest BCUT2D eigenvalue weighted by atomic mass is 10.1. The summed E-state index contributed by atoms with van der Waals surface area (Å²) in [7, 11) is -3.76. The van der Waals surface area contributed by atoms with Crippen molar-refractivity contribution in [1.82, 2.24) is 0 Å². The van der Waals surface area contributed by atoms with Crippen LogP contribution in [0.1, 0.15) is 30.0 Å². The van der Waals surface area contributed by atoms with Gasteiger partial charge in [-0.05, 0) is 80.3 Å². The number of aryl methyl sites for hydroxylation is 3. The fourth-order valence-corrected chi connectivity index (χ4v) is 4.49. The first-order chi connectivity index (χ1) is 15.2. The maximum atomic E-state index is 12.8. The van der Waals surface area contributed by atoms with Crippen LogP contribution in [-0.2, 0) is 14.8 Å². The Morgan fingerprint density at radius 3 is 2.16 bits per heavy atom. The highest BCUT2D eigenvalue weighted by atomic mass is 32.2. The third-order valence-electron chi connectivity index (χ3n) is 5.08. The second-order valence-corrected chi connectivity index (χ2v) is 9.40. The van der Waals surface area contributed by atoms with Crippen molar-refractivity contribution < 1.29 is 17.9 Å². The number of sulfonamides is 1. The second-order valence-electron chi connectivity index (χ2n) is 7.72. The fraction of sp³-hybridized carbons (Fsp3) is 0.240. The van der Waals surface area contributed by atoms with E-state index in [-0.39, 0.29) is 10.8 Å². The molecule has 32 heavy (non-hydrogen) atoms. The Balaban J connectivity index is 1.70. The maximum Gasteiger partial charge on any atom is 0.265 e. The van der Waals surface area contributed by atoms with E-state index in [1.165, 1.54) is 12.1 Å². The lowest BCUT2D eigenvalue weighted by Gasteiger charge is -2.18. The predicted molar refractivity (Wildman–Crippen MR) is 128 cm³/mol. The zero-order valence-electron chi connectivity index (χ0n) is 18.7. The van der Waals surface area contributed by atoms with Crippen LogP contribution in [0.5, 0.6) is 5.75 Å². The van der Waals surface area contributed by atoms with E-state index < -0.39 is 16.1 Å². The summed E-state index contributed by atoms with van der Waals surface area (Å²) in [4.78, 5) is 12.8. The van der Waals surface area contributed by atoms with Gasteiger partial charge in [0.25, 0.3) is 15.9 Å². The highest BCUT2D eigenvalue weighted by molar-refractivity contribution is 7.92. The number of ether oxygens (including phenoxy) is 1. The van der Waals surface area contributed by atoms with Crippen LogP contribution >= 0.6 is 0 Å². The smallest absolute Gasteiger partial charge is 0.265 e. The van der Waals surface area contributed by atoms with Gasteiger partial charge in [-0.1, -0.05) is 37.3 Å². The SMILES string of the molecule is CCC(Oc1cccc(C)c1)C(=O)Nc1ccc(S(=O)(=O)Nc2c(C)cccc2C)cc1. The zero-order valence-corrected chi connectivity index (χ0v) is 19.5. The molecule has 0 aliphatic heterocycles. The lowest BCUT2D eigenvalue weighted by Crippen LogP contribution is -2.32. The second kappa shape index (κ2) is 9.87. The van der Waals surface area contributed by atoms with Gasteiger partial charge in [0.15, 0.2) is 6.10 Å². The van der Waals surface area contributed by atoms with Crippen molar-refractivity contribution in [3.63, 3.8) is 0 Å². The first-order valence-corrected chi connectivity index (χ1v) is 11.9. The molecule has 3 aromatic carbocycles. The van der Waals surface area contributed by atoms with Crippen molar-refractivity contribution in [1.29, 1.82) is 0 Å². The molecule has 0 heterocycles. The van der Waals surface area contributed by atoms with Gasteiger partial charge in [0.05, 0.1) is 10.6 Å². The van der Waals surface area contributed by atoms with Gasteiger partial charge in [0, 0.05) is 5.69 Å². The summed E-state index contributed by atoms with van der Waals surface area (Å²) >= 11 is 0. The third kappa shape index (κ3) is 5.68. The Hall–Kier alpha value is -3.32. The van der Waals surface area contributed by atoms with Crippen molar-refractivity contribution in [3.05, 3.63) is 83.4 Å². The summed E-state index contributed by atoms with van der Waals surface area (Å²) in [6.45, 7) is 7.53. The molecule has 2 N–H and O–H groups in total. The van der Waals surface area contributed by atoms with Gasteiger partial charge in [-0.25, -0.2) is 8.42 Å². The van der Waals surface area contributed by atoms with E-state index in [4.69, 9.17) is 4.74 Å². The van der Waals surface area contributed by atoms with Crippen LogP contribution in [0.15, 0.2) is 71.6 Å². The van der Waals surface area contributed by atoms with Crippen LogP contribution < -0.4 is 14.8 Å². The molecule has 0 saturated heterocycles. The minimum absolute atomic E-state index is 0.112. The van der Waals surface area contributed by atoms with Crippen molar-refractivity contribution in [3.8, 4) is 5.75 Å². The number of rotatable bonds is 8. The van der Waals surface area contributed by atoms with Crippen LogP contribution in [0.2, 0.25) is 0 Å². The van der Waals surface area contributed by atoms with Crippen molar-refractivity contribution >= 4 is 27.3 Å². The third-order valence-corrected chi connectivity index (χ3v) is 6.45. The monoisotopic (exact) mass is 452 g/mol. The number of carbonyl (C=O) groups is 1. The van der Waals surface area contributed by atoms with Gasteiger partial charge in [-0.15, -0.1) is 0 Å². The minimum atomic E-state index is -3.76. The van der Waals surface area contributed by atoms with E-state index in [9.17, 15) is 13.2 Å². The number of amides is 1. The van der Waals surface area contributed by atoms with Gasteiger partial charge < -0.3 is 10.1 Å². The molecule has 0 aliphatic rings. The molecule has 0 radical (unpaired) electrons. The Labute approximate surface area is 189 Å². The number of benzene rings is 3. The Bertz CT molecular complexity index is 1180. The summed E-state index contributed by atoms with van der Waals surface area (Å²) in [5.41, 5.74) is 3.80. The highest BCUT2D eigenvalue weighted by Crippen LogP contribution is 2.24. The molecule has 1 atom stereocenters. The van der Waals surface area contributed by atoms with E-state index in [0.717, 1.165) is 16.7 Å². The molecule has 3 aromatic rings. The predicted octanol–water partition coefficient (Wildman–Crippen LogP) is 5.21. The molecular weight excluding hydrogens is 424 g/mol. The van der Waals surface area contributed by atoms with Gasteiger partial charge in [-0.3, -0.25) is 9.52 Å². The van der Waals surface area contributed by atoms with E-state index in [1.54, 1.807) is 12.1 Å². The van der Waals surface area contributed by atoms with Gasteiger partial charge >= 0.3 is 0 Å². The van der Waals surface area contributed by atoms with Crippen LogP contribution in [0.25, 0.3) is 0 Å². The Kier molecular flexibility index (Phi) is 7.20. The minimum Gasteiger partial charge on any atom is -0.481 e. The van der Waals surface area contributed by atoms with Gasteiger partial charge in [0.1, 0.15) is 5.75 Å². The molecule has 1 amide bonds. The lowest BCUT2D eigenvalue weighted by molar-refractivity contribution is -0.122. The van der Waals surface area contributed by atoms with Crippen LogP contribution in [0, 0.1) is 20.8 Å². The van der Waals surface area contributed by atoms with Crippen molar-refractivity contribution in [2.45, 2.75) is 45.1 Å². The molecule has 0 fully saturated rings. The summed E-state index contributed by atoms with van der Waals surface area (Å²) in [6.07, 6.45) is -0.169. The van der Waals surface area contributed by atoms with E-state index in [0.29, 0.717) is 23.5 Å². The van der Waals surface area contributed by atoms with Crippen LogP contribution in [-0.4, -0.2) is 20.4 Å². The molecule has 168 valence electrons. The number of hydrogen-bond donors (Lipinski definition) is 2. The molecule has 0 aliphatic carbocycles. The van der Waals surface area contributed by atoms with Crippen LogP contribution in [0.3, 0.4) is 0 Å². The standard InChI is InChI=1S/C25H28N2O4S/c1-5-23(31-21-11-6-8-17(2)16-21)25(28)26-20-12-14-22(15-13-20)32(29,30)27-24-18(3)9-7-10-19(24)4/h6-16,23,27H,5H2,1-4H3,(H,26,28). The van der Waals surface area contributed by atoms with E-state index in [1.807, 2.05) is 70.2 Å². The number of carbonyl (C=O) groups excluding carboxylic acids is 1. The molecule has 1 unspecified atom stereocenters. The molecule has 6 nitrogen and oxygen atoms in total. The molecule has 3 rings (SSSR count). The number of anilines is 2. The van der Waals surface area contributed by atoms with Gasteiger partial charge in [0.2, 0.25) is 0 Å². The molecule has 0 bridgehead atoms. The van der Waals surface area contributed by atoms with E-state index in [2.05, 4.69) is 10.0 Å². The largest absolute Gasteiger partial charge is 0.481 e. The Morgan fingerprint density at radius 2 is 1.56 bits per heavy atom. The maximum absolute atomic E-state index is 12.8. The average Bonchev–Trinajstić information content (AvgIpc) is 2.75. The number of nitrogens with one attached hydrogen (secondary N) is 2. The number of hydrogen-bond acceptors (Lipinski definition) is 4. The first-order valence-electron chi connectivity index (χ1n) is 10.4. The normalized spacial score (nSPS) is 12.1.